The number of amides is 3. The third kappa shape index (κ3) is 4.57. The van der Waals surface area contributed by atoms with Crippen LogP contribution in [-0.2, 0) is 14.4 Å². The van der Waals surface area contributed by atoms with Gasteiger partial charge in [-0.1, -0.05) is 0 Å². The topological polar surface area (TPSA) is 78.5 Å². The van der Waals surface area contributed by atoms with E-state index < -0.39 is 6.04 Å². The molecule has 1 heterocycles. The molecule has 0 aromatic heterocycles. The van der Waals surface area contributed by atoms with Crippen molar-refractivity contribution in [2.24, 2.45) is 0 Å². The Balaban J connectivity index is 2.03. The lowest BCUT2D eigenvalue weighted by molar-refractivity contribution is -0.129. The Bertz CT molecular complexity index is 616. The Morgan fingerprint density at radius 3 is 2.12 bits per heavy atom. The molecule has 0 radical (unpaired) electrons. The molecule has 0 unspecified atom stereocenters. The predicted molar refractivity (Wildman–Crippen MR) is 93.8 cm³/mol. The van der Waals surface area contributed by atoms with Crippen molar-refractivity contribution >= 4 is 29.1 Å². The average molecular weight is 331 g/mol. The third-order valence-electron chi connectivity index (χ3n) is 3.68. The van der Waals surface area contributed by atoms with Gasteiger partial charge in [0.2, 0.25) is 17.7 Å². The molecule has 0 bridgehead atoms. The van der Waals surface area contributed by atoms with Gasteiger partial charge in [0.05, 0.1) is 5.69 Å². The monoisotopic (exact) mass is 331 g/mol. The summed E-state index contributed by atoms with van der Waals surface area (Å²) in [4.78, 5) is 37.2. The highest BCUT2D eigenvalue weighted by Crippen LogP contribution is 2.23. The van der Waals surface area contributed by atoms with Gasteiger partial charge in [-0.15, -0.1) is 0 Å². The zero-order chi connectivity index (χ0) is 17.9. The summed E-state index contributed by atoms with van der Waals surface area (Å²) in [7, 11) is 0. The number of hydrogen-bond acceptors (Lipinski definition) is 4. The summed E-state index contributed by atoms with van der Waals surface area (Å²) in [5.41, 5.74) is 1.04. The molecule has 2 rings (SSSR count). The highest BCUT2D eigenvalue weighted by molar-refractivity contribution is 6.16. The normalized spacial score (nSPS) is 16.8. The molecule has 0 saturated carbocycles. The second-order valence-corrected chi connectivity index (χ2v) is 7.13. The summed E-state index contributed by atoms with van der Waals surface area (Å²) in [6.45, 7) is 7.57. The van der Waals surface area contributed by atoms with E-state index >= 15 is 0 Å². The minimum absolute atomic E-state index is 0.0898. The third-order valence-corrected chi connectivity index (χ3v) is 3.68. The van der Waals surface area contributed by atoms with Gasteiger partial charge >= 0.3 is 0 Å². The number of imide groups is 1. The molecular weight excluding hydrogens is 306 g/mol. The molecule has 1 aromatic carbocycles. The molecule has 1 aliphatic heterocycles. The minimum atomic E-state index is -0.395. The molecule has 1 atom stereocenters. The van der Waals surface area contributed by atoms with Crippen molar-refractivity contribution in [1.29, 1.82) is 0 Å². The molecule has 3 amide bonds. The fourth-order valence-corrected chi connectivity index (χ4v) is 2.54. The fraction of sp³-hybridized carbons (Fsp3) is 0.500. The van der Waals surface area contributed by atoms with Gasteiger partial charge in [-0.25, -0.2) is 0 Å². The van der Waals surface area contributed by atoms with Gasteiger partial charge in [-0.05, 0) is 58.4 Å². The number of hydrogen-bond donors (Lipinski definition) is 2. The summed E-state index contributed by atoms with van der Waals surface area (Å²) in [5.74, 6) is -0.414. The van der Waals surface area contributed by atoms with Crippen molar-refractivity contribution in [2.75, 3.05) is 10.2 Å². The first-order chi connectivity index (χ1) is 11.2. The van der Waals surface area contributed by atoms with Gasteiger partial charge in [0.25, 0.3) is 0 Å². The molecule has 1 saturated heterocycles. The van der Waals surface area contributed by atoms with E-state index in [0.717, 1.165) is 5.69 Å². The second kappa shape index (κ2) is 7.03. The molecule has 1 aromatic rings. The van der Waals surface area contributed by atoms with Gasteiger partial charge < -0.3 is 10.6 Å². The number of nitrogens with zero attached hydrogens (tertiary/aromatic N) is 1. The molecule has 0 aliphatic carbocycles. The predicted octanol–water partition coefficient (Wildman–Crippen LogP) is 2.45. The lowest BCUT2D eigenvalue weighted by Crippen LogP contribution is -2.47. The fourth-order valence-electron chi connectivity index (χ4n) is 2.54. The van der Waals surface area contributed by atoms with Crippen molar-refractivity contribution < 1.29 is 14.4 Å². The number of carbonyl (C=O) groups excluding carboxylic acids is 3. The maximum absolute atomic E-state index is 12.1. The number of piperidine rings is 1. The van der Waals surface area contributed by atoms with Crippen molar-refractivity contribution in [3.05, 3.63) is 24.3 Å². The summed E-state index contributed by atoms with van der Waals surface area (Å²) in [6.07, 6.45) is 1.42. The number of anilines is 2. The van der Waals surface area contributed by atoms with E-state index in [1.807, 2.05) is 20.8 Å². The second-order valence-electron chi connectivity index (χ2n) is 7.13. The Morgan fingerprint density at radius 1 is 1.08 bits per heavy atom. The van der Waals surface area contributed by atoms with Crippen LogP contribution in [0.25, 0.3) is 0 Å². The van der Waals surface area contributed by atoms with E-state index in [9.17, 15) is 14.4 Å². The molecular formula is C18H25N3O3. The summed E-state index contributed by atoms with van der Waals surface area (Å²) in [6, 6.07) is 6.58. The summed E-state index contributed by atoms with van der Waals surface area (Å²) >= 11 is 0. The van der Waals surface area contributed by atoms with E-state index in [-0.39, 0.29) is 23.3 Å². The van der Waals surface area contributed by atoms with Crippen molar-refractivity contribution in [2.45, 2.75) is 58.5 Å². The highest BCUT2D eigenvalue weighted by atomic mass is 16.2. The van der Waals surface area contributed by atoms with Crippen LogP contribution in [0.1, 0.15) is 47.0 Å². The van der Waals surface area contributed by atoms with Crippen LogP contribution in [0.15, 0.2) is 24.3 Å². The first-order valence-electron chi connectivity index (χ1n) is 8.22. The molecule has 0 spiro atoms. The highest BCUT2D eigenvalue weighted by Gasteiger charge is 2.27. The first-order valence-corrected chi connectivity index (χ1v) is 8.22. The van der Waals surface area contributed by atoms with Gasteiger partial charge in [-0.3, -0.25) is 19.3 Å². The van der Waals surface area contributed by atoms with Crippen LogP contribution >= 0.6 is 0 Å². The molecule has 2 N–H and O–H groups in total. The lowest BCUT2D eigenvalue weighted by Gasteiger charge is -2.26. The Labute approximate surface area is 142 Å². The largest absolute Gasteiger partial charge is 0.374 e. The van der Waals surface area contributed by atoms with Crippen molar-refractivity contribution in [3.63, 3.8) is 0 Å². The van der Waals surface area contributed by atoms with Crippen LogP contribution in [0.4, 0.5) is 11.4 Å². The van der Waals surface area contributed by atoms with Crippen molar-refractivity contribution in [3.8, 4) is 0 Å². The van der Waals surface area contributed by atoms with Gasteiger partial charge in [-0.2, -0.15) is 0 Å². The van der Waals surface area contributed by atoms with E-state index in [1.54, 1.807) is 31.2 Å². The lowest BCUT2D eigenvalue weighted by atomic mass is 10.1. The summed E-state index contributed by atoms with van der Waals surface area (Å²) < 4.78 is 0. The van der Waals surface area contributed by atoms with Crippen molar-refractivity contribution in [1.82, 2.24) is 5.32 Å². The molecule has 1 aliphatic rings. The van der Waals surface area contributed by atoms with Crippen LogP contribution in [0.5, 0.6) is 0 Å². The smallest absolute Gasteiger partial charge is 0.242 e. The van der Waals surface area contributed by atoms with Crippen LogP contribution in [0, 0.1) is 0 Å². The van der Waals surface area contributed by atoms with Crippen LogP contribution < -0.4 is 15.5 Å². The van der Waals surface area contributed by atoms with Crippen LogP contribution in [0.3, 0.4) is 0 Å². The zero-order valence-corrected chi connectivity index (χ0v) is 14.7. The number of rotatable bonds is 4. The minimum Gasteiger partial charge on any atom is -0.374 e. The van der Waals surface area contributed by atoms with E-state index in [0.29, 0.717) is 24.9 Å². The van der Waals surface area contributed by atoms with E-state index in [4.69, 9.17) is 0 Å². The Kier molecular flexibility index (Phi) is 5.26. The average Bonchev–Trinajstić information content (AvgIpc) is 2.47. The van der Waals surface area contributed by atoms with Gasteiger partial charge in [0, 0.05) is 24.1 Å². The standard InChI is InChI=1S/C18H25N3O3/c1-12(17(24)20-18(2,3)4)19-13-8-10-14(11-9-13)21-15(22)6-5-7-16(21)23/h8-12,19H,5-7H2,1-4H3,(H,20,24)/t12-/m0/s1. The maximum Gasteiger partial charge on any atom is 0.242 e. The number of benzene rings is 1. The van der Waals surface area contributed by atoms with Gasteiger partial charge in [0.1, 0.15) is 6.04 Å². The van der Waals surface area contributed by atoms with Crippen LogP contribution in [-0.4, -0.2) is 29.3 Å². The first kappa shape index (κ1) is 18.0. The number of nitrogens with one attached hydrogen (secondary N) is 2. The van der Waals surface area contributed by atoms with E-state index in [2.05, 4.69) is 10.6 Å². The maximum atomic E-state index is 12.1. The zero-order valence-electron chi connectivity index (χ0n) is 14.7. The van der Waals surface area contributed by atoms with Gasteiger partial charge in [0.15, 0.2) is 0 Å². The molecule has 6 nitrogen and oxygen atoms in total. The quantitative estimate of drug-likeness (QED) is 0.831. The SMILES string of the molecule is C[C@H](Nc1ccc(N2C(=O)CCCC2=O)cc1)C(=O)NC(C)(C)C. The Morgan fingerprint density at radius 2 is 1.62 bits per heavy atom. The molecule has 1 fully saturated rings. The van der Waals surface area contributed by atoms with E-state index in [1.165, 1.54) is 4.90 Å². The molecule has 130 valence electrons. The Hall–Kier alpha value is -2.37. The summed E-state index contributed by atoms with van der Waals surface area (Å²) in [5, 5.41) is 6.03. The molecule has 6 heteroatoms. The number of carbonyl (C=O) groups is 3. The molecule has 24 heavy (non-hydrogen) atoms. The van der Waals surface area contributed by atoms with Crippen LogP contribution in [0.2, 0.25) is 0 Å².